The molecule has 28 heavy (non-hydrogen) atoms. The predicted molar refractivity (Wildman–Crippen MR) is 103 cm³/mol. The van der Waals surface area contributed by atoms with Crippen LogP contribution in [0.25, 0.3) is 16.9 Å². The Bertz CT molecular complexity index is 1030. The predicted octanol–water partition coefficient (Wildman–Crippen LogP) is 1.39. The van der Waals surface area contributed by atoms with E-state index < -0.39 is 0 Å². The van der Waals surface area contributed by atoms with Crippen molar-refractivity contribution in [1.82, 2.24) is 29.4 Å². The minimum absolute atomic E-state index is 0.0306. The van der Waals surface area contributed by atoms with Gasteiger partial charge >= 0.3 is 0 Å². The lowest BCUT2D eigenvalue weighted by atomic mass is 10.2. The summed E-state index contributed by atoms with van der Waals surface area (Å²) in [6.07, 6.45) is 5.70. The van der Waals surface area contributed by atoms with Gasteiger partial charge in [0.05, 0.1) is 12.8 Å². The second kappa shape index (κ2) is 7.79. The summed E-state index contributed by atoms with van der Waals surface area (Å²) in [5.74, 6) is 0.656. The fraction of sp³-hybridized carbons (Fsp3) is 0.421. The highest BCUT2D eigenvalue weighted by molar-refractivity contribution is 5.76. The van der Waals surface area contributed by atoms with E-state index in [1.54, 1.807) is 19.2 Å². The van der Waals surface area contributed by atoms with Gasteiger partial charge in [0.25, 0.3) is 5.56 Å². The monoisotopic (exact) mass is 382 g/mol. The van der Waals surface area contributed by atoms with Crippen LogP contribution in [0.2, 0.25) is 0 Å². The van der Waals surface area contributed by atoms with E-state index in [4.69, 9.17) is 4.74 Å². The van der Waals surface area contributed by atoms with Crippen LogP contribution in [0, 0.1) is 0 Å². The topological polar surface area (TPSA) is 95.1 Å². The van der Waals surface area contributed by atoms with Crippen LogP contribution in [0.4, 0.5) is 0 Å². The molecule has 1 amide bonds. The Balaban J connectivity index is 1.61. The van der Waals surface area contributed by atoms with E-state index in [-0.39, 0.29) is 23.5 Å². The zero-order valence-electron chi connectivity index (χ0n) is 15.7. The number of benzene rings is 1. The number of ether oxygens (including phenoxy) is 1. The number of carbonyl (C=O) groups excluding carboxylic acids is 1. The molecule has 1 fully saturated rings. The third-order valence-electron chi connectivity index (χ3n) is 5.01. The number of aromatic nitrogens is 5. The first-order chi connectivity index (χ1) is 13.7. The molecule has 0 bridgehead atoms. The summed E-state index contributed by atoms with van der Waals surface area (Å²) in [6, 6.07) is 7.21. The molecule has 0 radical (unpaired) electrons. The highest BCUT2D eigenvalue weighted by Crippen LogP contribution is 2.16. The number of hydrogen-bond donors (Lipinski definition) is 0. The Morgan fingerprint density at radius 2 is 1.82 bits per heavy atom. The average molecular weight is 382 g/mol. The van der Waals surface area contributed by atoms with Gasteiger partial charge in [-0.05, 0) is 37.1 Å². The fourth-order valence-corrected chi connectivity index (χ4v) is 3.42. The zero-order valence-corrected chi connectivity index (χ0v) is 15.7. The van der Waals surface area contributed by atoms with Crippen molar-refractivity contribution in [3.63, 3.8) is 0 Å². The first kappa shape index (κ1) is 18.1. The van der Waals surface area contributed by atoms with Crippen LogP contribution in [0.3, 0.4) is 0 Å². The van der Waals surface area contributed by atoms with Gasteiger partial charge in [-0.1, -0.05) is 18.1 Å². The molecule has 0 unspecified atom stereocenters. The molecular formula is C19H22N6O3. The number of methoxy groups -OCH3 is 1. The molecule has 9 nitrogen and oxygen atoms in total. The summed E-state index contributed by atoms with van der Waals surface area (Å²) in [7, 11) is 1.59. The smallest absolute Gasteiger partial charge is 0.284 e. The standard InChI is InChI=1S/C19H22N6O3/c1-28-15-8-6-14(7-9-15)25-18-17(21-22-25)19(27)24(13-20-18)12-16(26)23-10-4-2-3-5-11-23/h6-9,13H,2-5,10-12H2,1H3. The van der Waals surface area contributed by atoms with E-state index in [1.807, 2.05) is 17.0 Å². The molecule has 0 aliphatic carbocycles. The summed E-state index contributed by atoms with van der Waals surface area (Å²) >= 11 is 0. The summed E-state index contributed by atoms with van der Waals surface area (Å²) < 4.78 is 7.96. The van der Waals surface area contributed by atoms with Crippen molar-refractivity contribution in [1.29, 1.82) is 0 Å². The molecule has 0 saturated carbocycles. The molecule has 3 aromatic rings. The number of hydrogen-bond acceptors (Lipinski definition) is 6. The lowest BCUT2D eigenvalue weighted by molar-refractivity contribution is -0.131. The molecule has 0 atom stereocenters. The van der Waals surface area contributed by atoms with E-state index >= 15 is 0 Å². The number of fused-ring (bicyclic) bond motifs is 1. The van der Waals surface area contributed by atoms with Crippen molar-refractivity contribution in [2.45, 2.75) is 32.2 Å². The Hall–Kier alpha value is -3.23. The Morgan fingerprint density at radius 1 is 1.11 bits per heavy atom. The van der Waals surface area contributed by atoms with Crippen molar-refractivity contribution in [3.05, 3.63) is 40.9 Å². The Morgan fingerprint density at radius 3 is 2.50 bits per heavy atom. The highest BCUT2D eigenvalue weighted by atomic mass is 16.5. The van der Waals surface area contributed by atoms with Gasteiger partial charge in [0.15, 0.2) is 11.2 Å². The molecule has 0 spiro atoms. The average Bonchev–Trinajstić information content (AvgIpc) is 2.96. The number of amides is 1. The van der Waals surface area contributed by atoms with Gasteiger partial charge in [-0.3, -0.25) is 14.2 Å². The first-order valence-corrected chi connectivity index (χ1v) is 9.40. The second-order valence-electron chi connectivity index (χ2n) is 6.84. The Labute approximate surface area is 161 Å². The maximum absolute atomic E-state index is 12.8. The molecule has 4 rings (SSSR count). The van der Waals surface area contributed by atoms with Gasteiger partial charge in [-0.15, -0.1) is 5.10 Å². The SMILES string of the molecule is COc1ccc(-n2nnc3c(=O)n(CC(=O)N4CCCCCC4)cnc32)cc1. The van der Waals surface area contributed by atoms with Crippen LogP contribution in [-0.4, -0.2) is 55.6 Å². The van der Waals surface area contributed by atoms with E-state index in [2.05, 4.69) is 15.3 Å². The second-order valence-corrected chi connectivity index (χ2v) is 6.84. The van der Waals surface area contributed by atoms with Crippen LogP contribution in [0.15, 0.2) is 35.4 Å². The number of rotatable bonds is 4. The minimum atomic E-state index is -0.368. The first-order valence-electron chi connectivity index (χ1n) is 9.40. The molecule has 146 valence electrons. The van der Waals surface area contributed by atoms with Crippen molar-refractivity contribution < 1.29 is 9.53 Å². The quantitative estimate of drug-likeness (QED) is 0.677. The lowest BCUT2D eigenvalue weighted by Crippen LogP contribution is -2.37. The fourth-order valence-electron chi connectivity index (χ4n) is 3.42. The van der Waals surface area contributed by atoms with Crippen LogP contribution in [0.5, 0.6) is 5.75 Å². The Kier molecular flexibility index (Phi) is 5.05. The summed E-state index contributed by atoms with van der Waals surface area (Å²) in [5.41, 5.74) is 0.845. The molecule has 1 aliphatic rings. The van der Waals surface area contributed by atoms with Gasteiger partial charge in [-0.2, -0.15) is 4.68 Å². The van der Waals surface area contributed by atoms with Gasteiger partial charge in [-0.25, -0.2) is 4.98 Å². The van der Waals surface area contributed by atoms with Crippen molar-refractivity contribution in [2.24, 2.45) is 0 Å². The van der Waals surface area contributed by atoms with Crippen LogP contribution >= 0.6 is 0 Å². The molecular weight excluding hydrogens is 360 g/mol. The van der Waals surface area contributed by atoms with Gasteiger partial charge in [0.1, 0.15) is 18.6 Å². The molecule has 1 aliphatic heterocycles. The van der Waals surface area contributed by atoms with Gasteiger partial charge < -0.3 is 9.64 Å². The maximum atomic E-state index is 12.8. The van der Waals surface area contributed by atoms with Crippen molar-refractivity contribution in [2.75, 3.05) is 20.2 Å². The third kappa shape index (κ3) is 3.47. The minimum Gasteiger partial charge on any atom is -0.497 e. The third-order valence-corrected chi connectivity index (χ3v) is 5.01. The maximum Gasteiger partial charge on any atom is 0.284 e. The molecule has 1 saturated heterocycles. The van der Waals surface area contributed by atoms with Crippen molar-refractivity contribution in [3.8, 4) is 11.4 Å². The van der Waals surface area contributed by atoms with Crippen LogP contribution < -0.4 is 10.3 Å². The number of likely N-dealkylation sites (tertiary alicyclic amines) is 1. The number of nitrogens with zero attached hydrogens (tertiary/aromatic N) is 6. The van der Waals surface area contributed by atoms with Crippen LogP contribution in [-0.2, 0) is 11.3 Å². The number of carbonyl (C=O) groups is 1. The van der Waals surface area contributed by atoms with E-state index in [0.29, 0.717) is 11.3 Å². The summed E-state index contributed by atoms with van der Waals surface area (Å²) in [6.45, 7) is 1.46. The van der Waals surface area contributed by atoms with Gasteiger partial charge in [0, 0.05) is 13.1 Å². The summed E-state index contributed by atoms with van der Waals surface area (Å²) in [5, 5.41) is 8.05. The van der Waals surface area contributed by atoms with E-state index in [9.17, 15) is 9.59 Å². The normalized spacial score (nSPS) is 14.8. The molecule has 0 N–H and O–H groups in total. The zero-order chi connectivity index (χ0) is 19.5. The highest BCUT2D eigenvalue weighted by Gasteiger charge is 2.19. The molecule has 2 aromatic heterocycles. The molecule has 9 heteroatoms. The van der Waals surface area contributed by atoms with Gasteiger partial charge in [0.2, 0.25) is 5.91 Å². The van der Waals surface area contributed by atoms with E-state index in [0.717, 1.165) is 44.5 Å². The molecule has 3 heterocycles. The van der Waals surface area contributed by atoms with Crippen LogP contribution in [0.1, 0.15) is 25.7 Å². The lowest BCUT2D eigenvalue weighted by Gasteiger charge is -2.20. The van der Waals surface area contributed by atoms with Crippen molar-refractivity contribution >= 4 is 17.1 Å². The summed E-state index contributed by atoms with van der Waals surface area (Å²) in [4.78, 5) is 31.5. The van der Waals surface area contributed by atoms with E-state index in [1.165, 1.54) is 15.6 Å². The largest absolute Gasteiger partial charge is 0.497 e. The molecule has 1 aromatic carbocycles.